The molecule has 1 aromatic rings. The molecule has 5 heteroatoms. The third kappa shape index (κ3) is 2.95. The van der Waals surface area contributed by atoms with E-state index in [0.29, 0.717) is 10.2 Å². The van der Waals surface area contributed by atoms with E-state index in [9.17, 15) is 8.42 Å². The van der Waals surface area contributed by atoms with Crippen LogP contribution < -0.4 is 4.72 Å². The Morgan fingerprint density at radius 2 is 1.94 bits per heavy atom. The summed E-state index contributed by atoms with van der Waals surface area (Å²) in [7, 11) is -3.43. The van der Waals surface area contributed by atoms with Crippen LogP contribution in [-0.4, -0.2) is 19.3 Å². The maximum atomic E-state index is 12.3. The number of benzene rings is 1. The summed E-state index contributed by atoms with van der Waals surface area (Å²) in [6.45, 7) is 3.71. The highest BCUT2D eigenvalue weighted by atomic mass is 79.9. The minimum Gasteiger partial charge on any atom is -0.207 e. The zero-order chi connectivity index (χ0) is 13.4. The maximum absolute atomic E-state index is 12.3. The quantitative estimate of drug-likeness (QED) is 0.862. The molecule has 1 aromatic carbocycles. The molecule has 1 aliphatic rings. The minimum atomic E-state index is -3.43. The SMILES string of the molecule is CC(C)(CBr)NS(=O)(=O)c1ccc2c(c1)CCC2. The first-order chi connectivity index (χ1) is 8.34. The monoisotopic (exact) mass is 331 g/mol. The number of hydrogen-bond donors (Lipinski definition) is 1. The van der Waals surface area contributed by atoms with E-state index in [4.69, 9.17) is 0 Å². The number of aryl methyl sites for hydroxylation is 2. The van der Waals surface area contributed by atoms with Crippen LogP contribution in [0.5, 0.6) is 0 Å². The van der Waals surface area contributed by atoms with E-state index in [1.54, 1.807) is 6.07 Å². The van der Waals surface area contributed by atoms with Gasteiger partial charge < -0.3 is 0 Å². The van der Waals surface area contributed by atoms with Gasteiger partial charge in [0.2, 0.25) is 10.0 Å². The zero-order valence-electron chi connectivity index (χ0n) is 10.7. The van der Waals surface area contributed by atoms with Gasteiger partial charge in [0.25, 0.3) is 0 Å². The van der Waals surface area contributed by atoms with Crippen molar-refractivity contribution in [3.63, 3.8) is 0 Å². The van der Waals surface area contributed by atoms with Gasteiger partial charge in [-0.05, 0) is 56.4 Å². The lowest BCUT2D eigenvalue weighted by Gasteiger charge is -2.23. The maximum Gasteiger partial charge on any atom is 0.241 e. The van der Waals surface area contributed by atoms with Crippen LogP contribution in [0.25, 0.3) is 0 Å². The molecule has 1 N–H and O–H groups in total. The van der Waals surface area contributed by atoms with Gasteiger partial charge in [-0.2, -0.15) is 0 Å². The molecule has 0 heterocycles. The number of sulfonamides is 1. The summed E-state index contributed by atoms with van der Waals surface area (Å²) in [5, 5.41) is 0.574. The smallest absolute Gasteiger partial charge is 0.207 e. The number of halogens is 1. The van der Waals surface area contributed by atoms with Crippen LogP contribution in [0.1, 0.15) is 31.4 Å². The fourth-order valence-electron chi connectivity index (χ4n) is 2.17. The Morgan fingerprint density at radius 1 is 1.28 bits per heavy atom. The second kappa shape index (κ2) is 4.94. The Bertz CT molecular complexity index is 552. The first kappa shape index (κ1) is 14.0. The van der Waals surface area contributed by atoms with E-state index < -0.39 is 15.6 Å². The normalized spacial score (nSPS) is 15.7. The second-order valence-corrected chi connectivity index (χ2v) is 7.65. The average molecular weight is 332 g/mol. The van der Waals surface area contributed by atoms with Crippen molar-refractivity contribution in [2.45, 2.75) is 43.5 Å². The molecule has 0 atom stereocenters. The predicted octanol–water partition coefficient (Wildman–Crippen LogP) is 2.63. The van der Waals surface area contributed by atoms with Crippen LogP contribution in [0.2, 0.25) is 0 Å². The van der Waals surface area contributed by atoms with Crippen LogP contribution in [0.3, 0.4) is 0 Å². The van der Waals surface area contributed by atoms with Gasteiger partial charge in [-0.3, -0.25) is 0 Å². The van der Waals surface area contributed by atoms with Crippen LogP contribution in [0.4, 0.5) is 0 Å². The highest BCUT2D eigenvalue weighted by Crippen LogP contribution is 2.25. The highest BCUT2D eigenvalue weighted by molar-refractivity contribution is 9.09. The Labute approximate surface area is 117 Å². The molecule has 0 unspecified atom stereocenters. The van der Waals surface area contributed by atoms with Crippen molar-refractivity contribution in [1.29, 1.82) is 0 Å². The van der Waals surface area contributed by atoms with Crippen molar-refractivity contribution >= 4 is 26.0 Å². The molecule has 0 saturated heterocycles. The lowest BCUT2D eigenvalue weighted by Crippen LogP contribution is -2.44. The molecule has 0 spiro atoms. The molecule has 0 aromatic heterocycles. The van der Waals surface area contributed by atoms with Crippen molar-refractivity contribution in [3.8, 4) is 0 Å². The van der Waals surface area contributed by atoms with Gasteiger partial charge in [0.1, 0.15) is 0 Å². The highest BCUT2D eigenvalue weighted by Gasteiger charge is 2.26. The lowest BCUT2D eigenvalue weighted by molar-refractivity contribution is 0.500. The molecule has 2 rings (SSSR count). The lowest BCUT2D eigenvalue weighted by atomic mass is 10.1. The van der Waals surface area contributed by atoms with Gasteiger partial charge in [0, 0.05) is 10.9 Å². The van der Waals surface area contributed by atoms with E-state index in [1.165, 1.54) is 11.1 Å². The largest absolute Gasteiger partial charge is 0.241 e. The summed E-state index contributed by atoms with van der Waals surface area (Å²) in [6.07, 6.45) is 3.18. The summed E-state index contributed by atoms with van der Waals surface area (Å²) in [4.78, 5) is 0.372. The van der Waals surface area contributed by atoms with Crippen LogP contribution in [-0.2, 0) is 22.9 Å². The van der Waals surface area contributed by atoms with Crippen molar-refractivity contribution in [2.24, 2.45) is 0 Å². The van der Waals surface area contributed by atoms with E-state index in [0.717, 1.165) is 19.3 Å². The first-order valence-electron chi connectivity index (χ1n) is 6.06. The van der Waals surface area contributed by atoms with E-state index in [1.807, 2.05) is 26.0 Å². The van der Waals surface area contributed by atoms with Crippen LogP contribution in [0, 0.1) is 0 Å². The minimum absolute atomic E-state index is 0.372. The standard InChI is InChI=1S/C13H18BrNO2S/c1-13(2,9-14)15-18(16,17)12-7-6-10-4-3-5-11(10)8-12/h6-8,15H,3-5,9H2,1-2H3. The summed E-state index contributed by atoms with van der Waals surface area (Å²) in [6, 6.07) is 5.46. The molecular formula is C13H18BrNO2S. The van der Waals surface area contributed by atoms with Crippen molar-refractivity contribution in [1.82, 2.24) is 4.72 Å². The van der Waals surface area contributed by atoms with Gasteiger partial charge in [-0.1, -0.05) is 22.0 Å². The Kier molecular flexibility index (Phi) is 3.85. The predicted molar refractivity (Wildman–Crippen MR) is 76.7 cm³/mol. The Balaban J connectivity index is 2.31. The first-order valence-corrected chi connectivity index (χ1v) is 8.66. The summed E-state index contributed by atoms with van der Waals surface area (Å²) in [5.74, 6) is 0. The Hall–Kier alpha value is -0.390. The fraction of sp³-hybridized carbons (Fsp3) is 0.538. The van der Waals surface area contributed by atoms with Gasteiger partial charge in [-0.15, -0.1) is 0 Å². The zero-order valence-corrected chi connectivity index (χ0v) is 13.1. The number of fused-ring (bicyclic) bond motifs is 1. The molecule has 0 bridgehead atoms. The molecule has 3 nitrogen and oxygen atoms in total. The summed E-state index contributed by atoms with van der Waals surface area (Å²) >= 11 is 3.32. The van der Waals surface area contributed by atoms with E-state index in [2.05, 4.69) is 20.7 Å². The van der Waals surface area contributed by atoms with Crippen LogP contribution >= 0.6 is 15.9 Å². The van der Waals surface area contributed by atoms with Gasteiger partial charge in [-0.25, -0.2) is 13.1 Å². The summed E-state index contributed by atoms with van der Waals surface area (Å²) in [5.41, 5.74) is 1.97. The topological polar surface area (TPSA) is 46.2 Å². The fourth-order valence-corrected chi connectivity index (χ4v) is 3.95. The molecule has 1 aliphatic carbocycles. The number of alkyl halides is 1. The van der Waals surface area contributed by atoms with Gasteiger partial charge >= 0.3 is 0 Å². The Morgan fingerprint density at radius 3 is 2.61 bits per heavy atom. The molecule has 0 radical (unpaired) electrons. The molecule has 18 heavy (non-hydrogen) atoms. The molecule has 0 amide bonds. The van der Waals surface area contributed by atoms with Crippen molar-refractivity contribution in [3.05, 3.63) is 29.3 Å². The van der Waals surface area contributed by atoms with Crippen LogP contribution in [0.15, 0.2) is 23.1 Å². The average Bonchev–Trinajstić information content (AvgIpc) is 2.74. The second-order valence-electron chi connectivity index (χ2n) is 5.41. The van der Waals surface area contributed by atoms with Crippen molar-refractivity contribution < 1.29 is 8.42 Å². The third-order valence-corrected chi connectivity index (χ3v) is 6.22. The number of rotatable bonds is 4. The molecule has 0 fully saturated rings. The summed E-state index contributed by atoms with van der Waals surface area (Å²) < 4.78 is 27.3. The third-order valence-electron chi connectivity index (χ3n) is 3.12. The van der Waals surface area contributed by atoms with Gasteiger partial charge in [0.05, 0.1) is 4.90 Å². The molecule has 0 aliphatic heterocycles. The molecule has 100 valence electrons. The number of hydrogen-bond acceptors (Lipinski definition) is 2. The molecular weight excluding hydrogens is 314 g/mol. The van der Waals surface area contributed by atoms with E-state index >= 15 is 0 Å². The van der Waals surface area contributed by atoms with Crippen molar-refractivity contribution in [2.75, 3.05) is 5.33 Å². The van der Waals surface area contributed by atoms with E-state index in [-0.39, 0.29) is 0 Å². The van der Waals surface area contributed by atoms with Gasteiger partial charge in [0.15, 0.2) is 0 Å². The number of nitrogens with one attached hydrogen (secondary N) is 1. The molecule has 0 saturated carbocycles.